The Bertz CT molecular complexity index is 317. The number of pyridine rings is 1. The lowest BCUT2D eigenvalue weighted by atomic mass is 10.2. The van der Waals surface area contributed by atoms with Crippen molar-refractivity contribution in [2.45, 2.75) is 32.7 Å². The molecular weight excluding hydrogens is 214 g/mol. The van der Waals surface area contributed by atoms with E-state index in [4.69, 9.17) is 4.74 Å². The molecule has 1 unspecified atom stereocenters. The van der Waals surface area contributed by atoms with Gasteiger partial charge in [-0.15, -0.1) is 0 Å². The summed E-state index contributed by atoms with van der Waals surface area (Å²) < 4.78 is 5.16. The van der Waals surface area contributed by atoms with Crippen molar-refractivity contribution in [3.8, 4) is 0 Å². The molecule has 0 saturated carbocycles. The third-order valence-corrected chi connectivity index (χ3v) is 2.52. The third-order valence-electron chi connectivity index (χ3n) is 2.52. The average Bonchev–Trinajstić information content (AvgIpc) is 2.36. The van der Waals surface area contributed by atoms with Crippen molar-refractivity contribution in [2.24, 2.45) is 0 Å². The van der Waals surface area contributed by atoms with Crippen LogP contribution in [0.4, 0.5) is 11.6 Å². The minimum absolute atomic E-state index is 0.314. The summed E-state index contributed by atoms with van der Waals surface area (Å²) in [6.45, 7) is 5.92. The van der Waals surface area contributed by atoms with Crippen LogP contribution in [0.5, 0.6) is 0 Å². The Hall–Kier alpha value is -1.29. The maximum Gasteiger partial charge on any atom is 0.128 e. The van der Waals surface area contributed by atoms with E-state index in [1.165, 1.54) is 0 Å². The Labute approximate surface area is 104 Å². The van der Waals surface area contributed by atoms with E-state index < -0.39 is 0 Å². The van der Waals surface area contributed by atoms with Gasteiger partial charge in [0.25, 0.3) is 0 Å². The fourth-order valence-electron chi connectivity index (χ4n) is 1.54. The fraction of sp³-hybridized carbons (Fsp3) is 0.615. The molecule has 0 aliphatic rings. The summed E-state index contributed by atoms with van der Waals surface area (Å²) in [6.07, 6.45) is 2.11. The topological polar surface area (TPSA) is 46.2 Å². The van der Waals surface area contributed by atoms with Crippen molar-refractivity contribution in [1.29, 1.82) is 0 Å². The number of methoxy groups -OCH3 is 1. The van der Waals surface area contributed by atoms with Crippen molar-refractivity contribution < 1.29 is 4.74 Å². The molecule has 0 aliphatic carbocycles. The number of anilines is 2. The van der Waals surface area contributed by atoms with E-state index in [2.05, 4.69) is 29.5 Å². The second-order valence-corrected chi connectivity index (χ2v) is 4.04. The molecule has 0 amide bonds. The quantitative estimate of drug-likeness (QED) is 0.730. The summed E-state index contributed by atoms with van der Waals surface area (Å²) in [6, 6.07) is 6.29. The zero-order chi connectivity index (χ0) is 12.5. The maximum atomic E-state index is 5.16. The van der Waals surface area contributed by atoms with Crippen LogP contribution >= 0.6 is 0 Å². The molecule has 1 atom stereocenters. The summed E-state index contributed by atoms with van der Waals surface area (Å²) in [5, 5.41) is 6.65. The molecule has 0 bridgehead atoms. The third kappa shape index (κ3) is 5.04. The minimum Gasteiger partial charge on any atom is -0.383 e. The molecular formula is C13H23N3O. The minimum atomic E-state index is 0.314. The van der Waals surface area contributed by atoms with E-state index in [-0.39, 0.29) is 0 Å². The van der Waals surface area contributed by atoms with E-state index in [9.17, 15) is 0 Å². The van der Waals surface area contributed by atoms with E-state index in [0.29, 0.717) is 12.6 Å². The maximum absolute atomic E-state index is 5.16. The Balaban J connectivity index is 2.57. The summed E-state index contributed by atoms with van der Waals surface area (Å²) >= 11 is 0. The highest BCUT2D eigenvalue weighted by molar-refractivity contribution is 5.45. The molecule has 4 heteroatoms. The van der Waals surface area contributed by atoms with Gasteiger partial charge in [-0.05, 0) is 25.0 Å². The fourth-order valence-corrected chi connectivity index (χ4v) is 1.54. The largest absolute Gasteiger partial charge is 0.383 e. The highest BCUT2D eigenvalue weighted by atomic mass is 16.5. The van der Waals surface area contributed by atoms with E-state index >= 15 is 0 Å². The van der Waals surface area contributed by atoms with Gasteiger partial charge >= 0.3 is 0 Å². The number of ether oxygens (including phenoxy) is 1. The van der Waals surface area contributed by atoms with E-state index in [1.54, 1.807) is 7.11 Å². The van der Waals surface area contributed by atoms with Gasteiger partial charge in [-0.1, -0.05) is 19.9 Å². The Morgan fingerprint density at radius 1 is 1.29 bits per heavy atom. The number of hydrogen-bond acceptors (Lipinski definition) is 4. The summed E-state index contributed by atoms with van der Waals surface area (Å²) in [4.78, 5) is 4.50. The molecule has 0 fully saturated rings. The first kappa shape index (κ1) is 13.8. The molecule has 1 aromatic rings. The number of hydrogen-bond donors (Lipinski definition) is 2. The molecule has 0 spiro atoms. The molecule has 4 nitrogen and oxygen atoms in total. The predicted octanol–water partition coefficient (Wildman–Crippen LogP) is 2.74. The normalized spacial score (nSPS) is 12.2. The second kappa shape index (κ2) is 7.90. The van der Waals surface area contributed by atoms with Gasteiger partial charge in [0.15, 0.2) is 0 Å². The molecule has 0 radical (unpaired) electrons. The first-order chi connectivity index (χ1) is 8.30. The zero-order valence-electron chi connectivity index (χ0n) is 11.0. The standard InChI is InChI=1S/C13H23N3O/c1-4-9-14-12-7-6-8-13(16-12)15-11(5-2)10-17-3/h6-8,11H,4-5,9-10H2,1-3H3,(H2,14,15,16). The van der Waals surface area contributed by atoms with Crippen molar-refractivity contribution >= 4 is 11.6 Å². The number of aromatic nitrogens is 1. The van der Waals surface area contributed by atoms with Crippen LogP contribution in [0.1, 0.15) is 26.7 Å². The second-order valence-electron chi connectivity index (χ2n) is 4.04. The Morgan fingerprint density at radius 3 is 2.71 bits per heavy atom. The molecule has 2 N–H and O–H groups in total. The van der Waals surface area contributed by atoms with Crippen LogP contribution in [-0.2, 0) is 4.74 Å². The van der Waals surface area contributed by atoms with Gasteiger partial charge in [-0.25, -0.2) is 4.98 Å². The molecule has 17 heavy (non-hydrogen) atoms. The van der Waals surface area contributed by atoms with Gasteiger partial charge < -0.3 is 15.4 Å². The molecule has 1 heterocycles. The van der Waals surface area contributed by atoms with Crippen LogP contribution in [-0.4, -0.2) is 31.3 Å². The highest BCUT2D eigenvalue weighted by Gasteiger charge is 2.06. The molecule has 0 saturated heterocycles. The lowest BCUT2D eigenvalue weighted by Crippen LogP contribution is -2.24. The van der Waals surface area contributed by atoms with Crippen LogP contribution in [0.3, 0.4) is 0 Å². The molecule has 0 aliphatic heterocycles. The van der Waals surface area contributed by atoms with E-state index in [1.807, 2.05) is 18.2 Å². The average molecular weight is 237 g/mol. The Morgan fingerprint density at radius 2 is 2.06 bits per heavy atom. The number of nitrogens with one attached hydrogen (secondary N) is 2. The number of nitrogens with zero attached hydrogens (tertiary/aromatic N) is 1. The van der Waals surface area contributed by atoms with E-state index in [0.717, 1.165) is 31.0 Å². The summed E-state index contributed by atoms with van der Waals surface area (Å²) in [5.74, 6) is 1.82. The van der Waals surface area contributed by atoms with Crippen molar-refractivity contribution in [3.05, 3.63) is 18.2 Å². The van der Waals surface area contributed by atoms with Gasteiger partial charge in [-0.2, -0.15) is 0 Å². The van der Waals surface area contributed by atoms with Gasteiger partial charge in [0.2, 0.25) is 0 Å². The molecule has 1 aromatic heterocycles. The van der Waals surface area contributed by atoms with Crippen LogP contribution in [0.25, 0.3) is 0 Å². The predicted molar refractivity (Wildman–Crippen MR) is 72.6 cm³/mol. The van der Waals surface area contributed by atoms with Crippen LogP contribution in [0.2, 0.25) is 0 Å². The molecule has 96 valence electrons. The monoisotopic (exact) mass is 237 g/mol. The zero-order valence-corrected chi connectivity index (χ0v) is 11.0. The lowest BCUT2D eigenvalue weighted by molar-refractivity contribution is 0.184. The summed E-state index contributed by atoms with van der Waals surface area (Å²) in [5.41, 5.74) is 0. The lowest BCUT2D eigenvalue weighted by Gasteiger charge is -2.17. The van der Waals surface area contributed by atoms with Crippen molar-refractivity contribution in [2.75, 3.05) is 30.9 Å². The molecule has 1 rings (SSSR count). The Kier molecular flexibility index (Phi) is 6.40. The van der Waals surface area contributed by atoms with Crippen LogP contribution < -0.4 is 10.6 Å². The van der Waals surface area contributed by atoms with Gasteiger partial charge in [0.1, 0.15) is 11.6 Å². The van der Waals surface area contributed by atoms with Gasteiger partial charge in [0, 0.05) is 13.7 Å². The van der Waals surface area contributed by atoms with Gasteiger partial charge in [-0.3, -0.25) is 0 Å². The van der Waals surface area contributed by atoms with Gasteiger partial charge in [0.05, 0.1) is 12.6 Å². The summed E-state index contributed by atoms with van der Waals surface area (Å²) in [7, 11) is 1.72. The van der Waals surface area contributed by atoms with Crippen LogP contribution in [0.15, 0.2) is 18.2 Å². The van der Waals surface area contributed by atoms with Crippen molar-refractivity contribution in [3.63, 3.8) is 0 Å². The smallest absolute Gasteiger partial charge is 0.128 e. The molecule has 0 aromatic carbocycles. The number of rotatable bonds is 8. The SMILES string of the molecule is CCCNc1cccc(NC(CC)COC)n1. The van der Waals surface area contributed by atoms with Crippen LogP contribution in [0, 0.1) is 0 Å². The first-order valence-corrected chi connectivity index (χ1v) is 6.26. The highest BCUT2D eigenvalue weighted by Crippen LogP contribution is 2.11. The first-order valence-electron chi connectivity index (χ1n) is 6.26. The van der Waals surface area contributed by atoms with Crippen molar-refractivity contribution in [1.82, 2.24) is 4.98 Å².